The van der Waals surface area contributed by atoms with Crippen LogP contribution in [-0.2, 0) is 4.74 Å². The maximum Gasteiger partial charge on any atom is 0.255 e. The van der Waals surface area contributed by atoms with Crippen LogP contribution in [0.5, 0.6) is 5.88 Å². The molecule has 3 heterocycles. The molecule has 0 bridgehead atoms. The molecule has 7 heteroatoms. The van der Waals surface area contributed by atoms with Gasteiger partial charge in [0, 0.05) is 51.3 Å². The second-order valence-electron chi connectivity index (χ2n) is 6.86. The average molecular weight is 368 g/mol. The van der Waals surface area contributed by atoms with Gasteiger partial charge in [-0.25, -0.2) is 4.98 Å². The summed E-state index contributed by atoms with van der Waals surface area (Å²) >= 11 is 6.30. The Morgan fingerprint density at radius 2 is 1.96 bits per heavy atom. The summed E-state index contributed by atoms with van der Waals surface area (Å²) in [5.74, 6) is 0.380. The molecule has 0 saturated carbocycles. The molecule has 3 rings (SSSR count). The third-order valence-corrected chi connectivity index (χ3v) is 5.10. The minimum Gasteiger partial charge on any atom is -0.473 e. The summed E-state index contributed by atoms with van der Waals surface area (Å²) in [6.45, 7) is 9.01. The first kappa shape index (κ1) is 18.4. The quantitative estimate of drug-likeness (QED) is 0.818. The van der Waals surface area contributed by atoms with E-state index in [0.717, 1.165) is 39.0 Å². The van der Waals surface area contributed by atoms with Gasteiger partial charge in [0.1, 0.15) is 11.1 Å². The highest BCUT2D eigenvalue weighted by Gasteiger charge is 2.24. The summed E-state index contributed by atoms with van der Waals surface area (Å²) < 4.78 is 11.2. The van der Waals surface area contributed by atoms with Crippen molar-refractivity contribution in [3.8, 4) is 5.88 Å². The fraction of sp³-hybridized carbons (Fsp3) is 0.667. The van der Waals surface area contributed by atoms with Crippen LogP contribution >= 0.6 is 11.6 Å². The van der Waals surface area contributed by atoms with Crippen LogP contribution in [0.1, 0.15) is 37.0 Å². The molecule has 0 spiro atoms. The SMILES string of the molecule is CC(C)N1CCN(C(=O)c2cnc(OC3CCOCC3)c(Cl)c2)CC1. The summed E-state index contributed by atoms with van der Waals surface area (Å²) in [7, 11) is 0. The molecule has 0 N–H and O–H groups in total. The molecule has 25 heavy (non-hydrogen) atoms. The van der Waals surface area contributed by atoms with Crippen LogP contribution in [0.15, 0.2) is 12.3 Å². The predicted molar refractivity (Wildman–Crippen MR) is 96.3 cm³/mol. The molecule has 0 aliphatic carbocycles. The maximum absolute atomic E-state index is 12.7. The lowest BCUT2D eigenvalue weighted by atomic mass is 10.1. The first-order chi connectivity index (χ1) is 12.0. The van der Waals surface area contributed by atoms with Crippen LogP contribution < -0.4 is 4.74 Å². The summed E-state index contributed by atoms with van der Waals surface area (Å²) in [4.78, 5) is 21.2. The Kier molecular flexibility index (Phi) is 6.15. The number of hydrogen-bond acceptors (Lipinski definition) is 5. The lowest BCUT2D eigenvalue weighted by Gasteiger charge is -2.36. The van der Waals surface area contributed by atoms with E-state index in [-0.39, 0.29) is 12.0 Å². The van der Waals surface area contributed by atoms with Crippen molar-refractivity contribution in [2.24, 2.45) is 0 Å². The lowest BCUT2D eigenvalue weighted by molar-refractivity contribution is 0.0237. The number of piperazine rings is 1. The van der Waals surface area contributed by atoms with Crippen molar-refractivity contribution in [1.82, 2.24) is 14.8 Å². The van der Waals surface area contributed by atoms with Crippen LogP contribution in [0, 0.1) is 0 Å². The average Bonchev–Trinajstić information content (AvgIpc) is 2.64. The Bertz CT molecular complexity index is 597. The topological polar surface area (TPSA) is 54.9 Å². The number of aromatic nitrogens is 1. The second-order valence-corrected chi connectivity index (χ2v) is 7.27. The van der Waals surface area contributed by atoms with Crippen molar-refractivity contribution < 1.29 is 14.3 Å². The number of rotatable bonds is 4. The van der Waals surface area contributed by atoms with E-state index in [1.54, 1.807) is 12.3 Å². The number of carbonyl (C=O) groups excluding carboxylic acids is 1. The predicted octanol–water partition coefficient (Wildman–Crippen LogP) is 2.46. The summed E-state index contributed by atoms with van der Waals surface area (Å²) in [5, 5.41) is 0.387. The van der Waals surface area contributed by atoms with Gasteiger partial charge in [-0.05, 0) is 19.9 Å². The molecule has 2 aliphatic heterocycles. The van der Waals surface area contributed by atoms with Gasteiger partial charge in [-0.1, -0.05) is 11.6 Å². The fourth-order valence-electron chi connectivity index (χ4n) is 3.20. The van der Waals surface area contributed by atoms with Crippen LogP contribution in [0.25, 0.3) is 0 Å². The number of carbonyl (C=O) groups is 1. The highest BCUT2D eigenvalue weighted by atomic mass is 35.5. The number of ether oxygens (including phenoxy) is 2. The highest BCUT2D eigenvalue weighted by molar-refractivity contribution is 6.32. The fourth-order valence-corrected chi connectivity index (χ4v) is 3.42. The number of amides is 1. The van der Waals surface area contributed by atoms with E-state index in [2.05, 4.69) is 23.7 Å². The van der Waals surface area contributed by atoms with Gasteiger partial charge in [0.05, 0.1) is 18.8 Å². The van der Waals surface area contributed by atoms with Crippen LogP contribution in [-0.4, -0.2) is 72.2 Å². The molecule has 0 aromatic carbocycles. The molecule has 2 fully saturated rings. The molecule has 1 aromatic rings. The van der Waals surface area contributed by atoms with Gasteiger partial charge < -0.3 is 14.4 Å². The summed E-state index contributed by atoms with van der Waals surface area (Å²) in [6.07, 6.45) is 3.31. The van der Waals surface area contributed by atoms with E-state index >= 15 is 0 Å². The molecule has 2 saturated heterocycles. The molecule has 138 valence electrons. The van der Waals surface area contributed by atoms with E-state index < -0.39 is 0 Å². The molecule has 1 aromatic heterocycles. The molecular formula is C18H26ClN3O3. The second kappa shape index (κ2) is 8.34. The van der Waals surface area contributed by atoms with E-state index in [9.17, 15) is 4.79 Å². The van der Waals surface area contributed by atoms with Crippen molar-refractivity contribution in [3.05, 3.63) is 22.8 Å². The molecule has 0 unspecified atom stereocenters. The van der Waals surface area contributed by atoms with Gasteiger partial charge in [0.15, 0.2) is 0 Å². The Labute approximate surface area is 154 Å². The Morgan fingerprint density at radius 1 is 1.28 bits per heavy atom. The number of pyridine rings is 1. The third kappa shape index (κ3) is 4.63. The number of halogens is 1. The standard InChI is InChI=1S/C18H26ClN3O3/c1-13(2)21-5-7-22(8-6-21)18(23)14-11-16(19)17(20-12-14)25-15-3-9-24-10-4-15/h11-13,15H,3-10H2,1-2H3. The van der Waals surface area contributed by atoms with Crippen LogP contribution in [0.4, 0.5) is 0 Å². The van der Waals surface area contributed by atoms with Crippen LogP contribution in [0.3, 0.4) is 0 Å². The van der Waals surface area contributed by atoms with Gasteiger partial charge in [-0.15, -0.1) is 0 Å². The summed E-state index contributed by atoms with van der Waals surface area (Å²) in [5.41, 5.74) is 0.516. The lowest BCUT2D eigenvalue weighted by Crippen LogP contribution is -2.50. The van der Waals surface area contributed by atoms with Crippen molar-refractivity contribution in [2.75, 3.05) is 39.4 Å². The van der Waals surface area contributed by atoms with Crippen molar-refractivity contribution in [1.29, 1.82) is 0 Å². The minimum atomic E-state index is -0.0181. The Morgan fingerprint density at radius 3 is 2.56 bits per heavy atom. The molecule has 0 radical (unpaired) electrons. The zero-order chi connectivity index (χ0) is 17.8. The van der Waals surface area contributed by atoms with Gasteiger partial charge in [0.25, 0.3) is 5.91 Å². The Balaban J connectivity index is 1.61. The Hall–Kier alpha value is -1.37. The minimum absolute atomic E-state index is 0.0181. The largest absolute Gasteiger partial charge is 0.473 e. The molecule has 6 nitrogen and oxygen atoms in total. The van der Waals surface area contributed by atoms with Gasteiger partial charge >= 0.3 is 0 Å². The first-order valence-electron chi connectivity index (χ1n) is 8.98. The van der Waals surface area contributed by atoms with Crippen molar-refractivity contribution in [3.63, 3.8) is 0 Å². The van der Waals surface area contributed by atoms with E-state index in [0.29, 0.717) is 35.7 Å². The van der Waals surface area contributed by atoms with Gasteiger partial charge in [-0.3, -0.25) is 9.69 Å². The summed E-state index contributed by atoms with van der Waals surface area (Å²) in [6, 6.07) is 2.18. The molecular weight excluding hydrogens is 342 g/mol. The zero-order valence-corrected chi connectivity index (χ0v) is 15.7. The molecule has 0 atom stereocenters. The molecule has 2 aliphatic rings. The smallest absolute Gasteiger partial charge is 0.255 e. The van der Waals surface area contributed by atoms with Gasteiger partial charge in [0.2, 0.25) is 5.88 Å². The van der Waals surface area contributed by atoms with Crippen LogP contribution in [0.2, 0.25) is 5.02 Å². The maximum atomic E-state index is 12.7. The normalized spacial score (nSPS) is 20.1. The monoisotopic (exact) mass is 367 g/mol. The first-order valence-corrected chi connectivity index (χ1v) is 9.35. The number of nitrogens with zero attached hydrogens (tertiary/aromatic N) is 3. The highest BCUT2D eigenvalue weighted by Crippen LogP contribution is 2.26. The van der Waals surface area contributed by atoms with Crippen molar-refractivity contribution >= 4 is 17.5 Å². The van der Waals surface area contributed by atoms with E-state index in [4.69, 9.17) is 21.1 Å². The molecule has 1 amide bonds. The van der Waals surface area contributed by atoms with E-state index in [1.165, 1.54) is 0 Å². The third-order valence-electron chi connectivity index (χ3n) is 4.83. The number of hydrogen-bond donors (Lipinski definition) is 0. The van der Waals surface area contributed by atoms with E-state index in [1.807, 2.05) is 4.90 Å². The van der Waals surface area contributed by atoms with Gasteiger partial charge in [-0.2, -0.15) is 0 Å². The zero-order valence-electron chi connectivity index (χ0n) is 14.9. The van der Waals surface area contributed by atoms with Crippen molar-refractivity contribution in [2.45, 2.75) is 38.8 Å².